The standard InChI is InChI=1S/C21H20N2O7S/c24-18(22-8-10-1-2-12-15(7-10)29-9-28-12)11-5-6-31-20(11)23-19(25)16-13-3-4-14(30-13)17(16)21(26)27/h1-2,5-7,13-14,16-17H,3-4,8-9H2,(H,22,24)(H,23,25)(H,26,27)/t13-,14-,16+,17+/m1/s1. The molecule has 1 aromatic heterocycles. The van der Waals surface area contributed by atoms with Crippen LogP contribution >= 0.6 is 11.3 Å². The molecule has 3 aliphatic rings. The van der Waals surface area contributed by atoms with Crippen molar-refractivity contribution < 1.29 is 33.7 Å². The van der Waals surface area contributed by atoms with Crippen LogP contribution in [-0.4, -0.2) is 41.9 Å². The molecule has 2 fully saturated rings. The van der Waals surface area contributed by atoms with Gasteiger partial charge in [-0.15, -0.1) is 11.3 Å². The van der Waals surface area contributed by atoms with E-state index in [2.05, 4.69) is 10.6 Å². The van der Waals surface area contributed by atoms with E-state index in [4.69, 9.17) is 14.2 Å². The van der Waals surface area contributed by atoms with Crippen LogP contribution in [0.15, 0.2) is 29.6 Å². The third-order valence-corrected chi connectivity index (χ3v) is 6.73. The fourth-order valence-corrected chi connectivity index (χ4v) is 5.22. The van der Waals surface area contributed by atoms with E-state index < -0.39 is 35.9 Å². The van der Waals surface area contributed by atoms with Crippen molar-refractivity contribution in [3.05, 3.63) is 40.8 Å². The molecule has 1 aromatic carbocycles. The van der Waals surface area contributed by atoms with Crippen molar-refractivity contribution in [1.29, 1.82) is 0 Å². The minimum absolute atomic E-state index is 0.180. The molecule has 0 unspecified atom stereocenters. The first-order chi connectivity index (χ1) is 15.0. The summed E-state index contributed by atoms with van der Waals surface area (Å²) < 4.78 is 16.3. The number of nitrogens with one attached hydrogen (secondary N) is 2. The van der Waals surface area contributed by atoms with Crippen LogP contribution in [0.2, 0.25) is 0 Å². The van der Waals surface area contributed by atoms with Crippen molar-refractivity contribution in [2.75, 3.05) is 12.1 Å². The summed E-state index contributed by atoms with van der Waals surface area (Å²) in [6, 6.07) is 7.06. The monoisotopic (exact) mass is 444 g/mol. The number of carbonyl (C=O) groups excluding carboxylic acids is 2. The predicted octanol–water partition coefficient (Wildman–Crippen LogP) is 2.22. The molecule has 0 radical (unpaired) electrons. The molecule has 0 spiro atoms. The van der Waals surface area contributed by atoms with Crippen LogP contribution < -0.4 is 20.1 Å². The number of hydrogen-bond acceptors (Lipinski definition) is 7. The third-order valence-electron chi connectivity index (χ3n) is 5.90. The number of carboxylic acid groups (broad SMARTS) is 1. The Kier molecular flexibility index (Phi) is 5.03. The number of thiophene rings is 1. The number of carboxylic acids is 1. The van der Waals surface area contributed by atoms with Crippen molar-refractivity contribution in [1.82, 2.24) is 5.32 Å². The van der Waals surface area contributed by atoms with Crippen LogP contribution in [0.4, 0.5) is 5.00 Å². The van der Waals surface area contributed by atoms with Crippen LogP contribution in [0.1, 0.15) is 28.8 Å². The van der Waals surface area contributed by atoms with Crippen molar-refractivity contribution in [2.24, 2.45) is 11.8 Å². The smallest absolute Gasteiger partial charge is 0.310 e. The van der Waals surface area contributed by atoms with Gasteiger partial charge in [0.25, 0.3) is 5.91 Å². The number of fused-ring (bicyclic) bond motifs is 3. The Morgan fingerprint density at radius 1 is 1.06 bits per heavy atom. The molecular formula is C21H20N2O7S. The molecule has 2 aromatic rings. The highest BCUT2D eigenvalue weighted by Crippen LogP contribution is 2.44. The number of rotatable bonds is 6. The maximum Gasteiger partial charge on any atom is 0.310 e. The van der Waals surface area contributed by atoms with Crippen LogP contribution in [0.25, 0.3) is 0 Å². The summed E-state index contributed by atoms with van der Waals surface area (Å²) in [5, 5.41) is 17.2. The highest BCUT2D eigenvalue weighted by molar-refractivity contribution is 7.14. The molecule has 3 aliphatic heterocycles. The molecule has 0 aliphatic carbocycles. The number of hydrogen-bond donors (Lipinski definition) is 3. The average molecular weight is 444 g/mol. The second-order valence-corrected chi connectivity index (χ2v) is 8.62. The van der Waals surface area contributed by atoms with Gasteiger partial charge in [-0.2, -0.15) is 0 Å². The van der Waals surface area contributed by atoms with E-state index in [1.807, 2.05) is 6.07 Å². The van der Waals surface area contributed by atoms with Crippen LogP contribution in [0.5, 0.6) is 11.5 Å². The minimum Gasteiger partial charge on any atom is -0.481 e. The van der Waals surface area contributed by atoms with Crippen molar-refractivity contribution in [3.63, 3.8) is 0 Å². The van der Waals surface area contributed by atoms with Gasteiger partial charge in [-0.25, -0.2) is 0 Å². The average Bonchev–Trinajstić information content (AvgIpc) is 3.54. The minimum atomic E-state index is -1.03. The Morgan fingerprint density at radius 3 is 2.65 bits per heavy atom. The predicted molar refractivity (Wildman–Crippen MR) is 109 cm³/mol. The topological polar surface area (TPSA) is 123 Å². The second-order valence-electron chi connectivity index (χ2n) is 7.70. The molecule has 31 heavy (non-hydrogen) atoms. The zero-order valence-corrected chi connectivity index (χ0v) is 17.1. The van der Waals surface area contributed by atoms with Gasteiger partial charge < -0.3 is 30.0 Å². The van der Waals surface area contributed by atoms with Gasteiger partial charge in [-0.3, -0.25) is 14.4 Å². The second kappa shape index (κ2) is 7.86. The summed E-state index contributed by atoms with van der Waals surface area (Å²) in [4.78, 5) is 37.2. The lowest BCUT2D eigenvalue weighted by Gasteiger charge is -2.23. The lowest BCUT2D eigenvalue weighted by Crippen LogP contribution is -2.41. The van der Waals surface area contributed by atoms with Gasteiger partial charge in [-0.1, -0.05) is 6.07 Å². The van der Waals surface area contributed by atoms with Gasteiger partial charge in [-0.05, 0) is 42.0 Å². The Bertz CT molecular complexity index is 1050. The summed E-state index contributed by atoms with van der Waals surface area (Å²) in [5.41, 5.74) is 1.18. The number of carbonyl (C=O) groups is 3. The maximum atomic E-state index is 12.9. The highest BCUT2D eigenvalue weighted by Gasteiger charge is 2.55. The van der Waals surface area contributed by atoms with Gasteiger partial charge in [0.2, 0.25) is 12.7 Å². The lowest BCUT2D eigenvalue weighted by molar-refractivity contribution is -0.147. The zero-order chi connectivity index (χ0) is 21.5. The fraction of sp³-hybridized carbons (Fsp3) is 0.381. The van der Waals surface area contributed by atoms with Gasteiger partial charge in [0.15, 0.2) is 11.5 Å². The number of anilines is 1. The van der Waals surface area contributed by atoms with Crippen molar-refractivity contribution in [3.8, 4) is 11.5 Å². The molecule has 4 atom stereocenters. The molecule has 0 saturated carbocycles. The van der Waals surface area contributed by atoms with Gasteiger partial charge in [0.05, 0.1) is 29.6 Å². The van der Waals surface area contributed by atoms with E-state index in [0.717, 1.165) is 5.56 Å². The summed E-state index contributed by atoms with van der Waals surface area (Å²) in [6.45, 7) is 0.458. The van der Waals surface area contributed by atoms with E-state index in [0.29, 0.717) is 34.9 Å². The van der Waals surface area contributed by atoms with Gasteiger partial charge in [0.1, 0.15) is 5.00 Å². The SMILES string of the molecule is O=C(NCc1ccc2c(c1)OCO2)c1ccsc1NC(=O)[C@@H]1[C@@H](C(=O)O)[C@H]2CC[C@H]1O2. The number of benzene rings is 1. The molecule has 2 amide bonds. The Morgan fingerprint density at radius 2 is 1.84 bits per heavy atom. The highest BCUT2D eigenvalue weighted by atomic mass is 32.1. The molecule has 4 heterocycles. The maximum absolute atomic E-state index is 12.9. The first-order valence-corrected chi connectivity index (χ1v) is 10.8. The molecule has 5 rings (SSSR count). The van der Waals surface area contributed by atoms with Crippen LogP contribution in [0.3, 0.4) is 0 Å². The van der Waals surface area contributed by atoms with E-state index in [-0.39, 0.29) is 19.2 Å². The first kappa shape index (κ1) is 19.8. The number of amides is 2. The fourth-order valence-electron chi connectivity index (χ4n) is 4.43. The Hall–Kier alpha value is -3.11. The number of aliphatic carboxylic acids is 1. The van der Waals surface area contributed by atoms with E-state index in [1.165, 1.54) is 11.3 Å². The van der Waals surface area contributed by atoms with E-state index in [1.54, 1.807) is 23.6 Å². The molecule has 3 N–H and O–H groups in total. The summed E-state index contributed by atoms with van der Waals surface area (Å²) in [6.07, 6.45) is 0.498. The van der Waals surface area contributed by atoms with Gasteiger partial charge >= 0.3 is 5.97 Å². The summed E-state index contributed by atoms with van der Waals surface area (Å²) in [7, 11) is 0. The quantitative estimate of drug-likeness (QED) is 0.624. The summed E-state index contributed by atoms with van der Waals surface area (Å²) >= 11 is 1.22. The largest absolute Gasteiger partial charge is 0.481 e. The molecule has 162 valence electrons. The molecular weight excluding hydrogens is 424 g/mol. The number of ether oxygens (including phenoxy) is 3. The summed E-state index contributed by atoms with van der Waals surface area (Å²) in [5.74, 6) is -2.11. The Labute approximate surface area is 181 Å². The van der Waals surface area contributed by atoms with Crippen molar-refractivity contribution in [2.45, 2.75) is 31.6 Å². The molecule has 10 heteroatoms. The Balaban J connectivity index is 1.24. The van der Waals surface area contributed by atoms with Gasteiger partial charge in [0, 0.05) is 6.54 Å². The van der Waals surface area contributed by atoms with Crippen LogP contribution in [0, 0.1) is 11.8 Å². The van der Waals surface area contributed by atoms with E-state index >= 15 is 0 Å². The molecule has 2 saturated heterocycles. The first-order valence-electron chi connectivity index (χ1n) is 9.94. The lowest BCUT2D eigenvalue weighted by atomic mass is 9.79. The zero-order valence-electron chi connectivity index (χ0n) is 16.3. The molecule has 2 bridgehead atoms. The van der Waals surface area contributed by atoms with Crippen molar-refractivity contribution >= 4 is 34.1 Å². The third kappa shape index (κ3) is 3.61. The normalized spacial score (nSPS) is 25.4. The van der Waals surface area contributed by atoms with Crippen LogP contribution in [-0.2, 0) is 20.9 Å². The molecule has 9 nitrogen and oxygen atoms in total. The van der Waals surface area contributed by atoms with E-state index in [9.17, 15) is 19.5 Å².